The number of nitrogens with one attached hydrogen (secondary N) is 1. The number of ether oxygens (including phenoxy) is 4. The van der Waals surface area contributed by atoms with Crippen LogP contribution in [0.1, 0.15) is 361 Å². The predicted molar refractivity (Wildman–Crippen MR) is 424 cm³/mol. The molecule has 14 nitrogen and oxygen atoms in total. The van der Waals surface area contributed by atoms with Crippen LogP contribution < -0.4 is 5.32 Å². The highest BCUT2D eigenvalue weighted by Crippen LogP contribution is 2.30. The molecule has 0 radical (unpaired) electrons. The summed E-state index contributed by atoms with van der Waals surface area (Å²) < 4.78 is 22.9. The van der Waals surface area contributed by atoms with E-state index in [1.54, 1.807) is 6.08 Å². The van der Waals surface area contributed by atoms with Gasteiger partial charge in [0.2, 0.25) is 5.91 Å². The molecule has 2 heterocycles. The number of hydrogen-bond donors (Lipinski definition) is 9. The summed E-state index contributed by atoms with van der Waals surface area (Å²) in [4.78, 5) is 13.4. The zero-order valence-corrected chi connectivity index (χ0v) is 65.1. The summed E-state index contributed by atoms with van der Waals surface area (Å²) in [6.07, 6.45) is 85.1. The van der Waals surface area contributed by atoms with Gasteiger partial charge in [0.05, 0.1) is 32.0 Å². The number of carbonyl (C=O) groups is 1. The quantitative estimate of drug-likeness (QED) is 0.0204. The van der Waals surface area contributed by atoms with E-state index in [1.807, 2.05) is 6.08 Å². The van der Waals surface area contributed by atoms with E-state index in [9.17, 15) is 45.6 Å². The highest BCUT2D eigenvalue weighted by molar-refractivity contribution is 5.76. The van der Waals surface area contributed by atoms with Crippen LogP contribution in [0.25, 0.3) is 0 Å². The monoisotopic (exact) mass is 1440 g/mol. The van der Waals surface area contributed by atoms with Gasteiger partial charge in [-0.05, 0) is 89.9 Å². The Kier molecular flexibility index (Phi) is 66.0. The number of aliphatic hydroxyl groups is 8. The van der Waals surface area contributed by atoms with Gasteiger partial charge in [-0.25, -0.2) is 0 Å². The van der Waals surface area contributed by atoms with E-state index >= 15 is 0 Å². The van der Waals surface area contributed by atoms with Crippen molar-refractivity contribution in [2.45, 2.75) is 434 Å². The molecule has 2 rings (SSSR count). The van der Waals surface area contributed by atoms with Gasteiger partial charge in [-0.15, -0.1) is 0 Å². The Bertz CT molecular complexity index is 2090. The Morgan fingerprint density at radius 2 is 0.686 bits per heavy atom. The van der Waals surface area contributed by atoms with Crippen molar-refractivity contribution in [1.29, 1.82) is 0 Å². The molecule has 1 amide bonds. The first-order valence-corrected chi connectivity index (χ1v) is 42.5. The standard InChI is InChI=1S/C88H157NO13/c1-3-5-7-9-11-13-15-17-19-21-23-25-27-29-31-32-33-34-35-36-37-38-39-40-41-42-43-44-46-48-50-52-54-56-58-60-62-64-66-68-70-72-80(93)89-76(75-99-87-85(98)83(96)86(79(74-91)101-87)102-88-84(97)82(95)81(94)78(73-90)100-88)77(92)71-69-67-65-63-61-59-57-55-53-51-49-47-45-30-28-26-24-22-20-18-16-14-12-10-8-6-4-2/h5,7,11,13,17,19,23,25,29,31,53,55,61,63,69,71,76-79,81-88,90-92,94-98H,3-4,6,8-10,12,14-16,18,20-22,24,26-28,30,32-52,54,56-60,62,64-68,70,72-75H2,1-2H3,(H,89,93)/b7-5-,13-11-,19-17-,25-23-,31-29-,55-53+,63-61+,71-69+. The van der Waals surface area contributed by atoms with Crippen LogP contribution >= 0.6 is 0 Å². The summed E-state index contributed by atoms with van der Waals surface area (Å²) in [5.41, 5.74) is 0. The fourth-order valence-corrected chi connectivity index (χ4v) is 13.6. The Labute approximate surface area is 623 Å². The van der Waals surface area contributed by atoms with Gasteiger partial charge in [0.1, 0.15) is 48.8 Å². The second kappa shape index (κ2) is 70.9. The van der Waals surface area contributed by atoms with Crippen molar-refractivity contribution in [3.8, 4) is 0 Å². The van der Waals surface area contributed by atoms with Crippen molar-refractivity contribution in [1.82, 2.24) is 5.32 Å². The second-order valence-corrected chi connectivity index (χ2v) is 29.6. The van der Waals surface area contributed by atoms with Gasteiger partial charge in [0, 0.05) is 6.42 Å². The predicted octanol–water partition coefficient (Wildman–Crippen LogP) is 20.0. The molecule has 12 unspecified atom stereocenters. The summed E-state index contributed by atoms with van der Waals surface area (Å²) >= 11 is 0. The molecule has 2 saturated heterocycles. The van der Waals surface area contributed by atoms with E-state index in [0.29, 0.717) is 12.8 Å². The maximum Gasteiger partial charge on any atom is 0.220 e. The molecule has 0 bridgehead atoms. The van der Waals surface area contributed by atoms with Gasteiger partial charge in [0.25, 0.3) is 0 Å². The minimum atomic E-state index is -1.80. The number of hydrogen-bond acceptors (Lipinski definition) is 13. The van der Waals surface area contributed by atoms with Gasteiger partial charge in [-0.3, -0.25) is 4.79 Å². The van der Waals surface area contributed by atoms with Crippen LogP contribution in [-0.4, -0.2) is 140 Å². The average molecular weight is 1440 g/mol. The van der Waals surface area contributed by atoms with Gasteiger partial charge in [-0.1, -0.05) is 361 Å². The topological polar surface area (TPSA) is 228 Å². The molecule has 592 valence electrons. The third kappa shape index (κ3) is 52.8. The Hall–Kier alpha value is -3.09. The van der Waals surface area contributed by atoms with E-state index in [-0.39, 0.29) is 18.9 Å². The van der Waals surface area contributed by atoms with Crippen LogP contribution in [-0.2, 0) is 23.7 Å². The Morgan fingerprint density at radius 3 is 1.08 bits per heavy atom. The fourth-order valence-electron chi connectivity index (χ4n) is 13.6. The minimum Gasteiger partial charge on any atom is -0.394 e. The van der Waals surface area contributed by atoms with E-state index in [1.165, 1.54) is 250 Å². The van der Waals surface area contributed by atoms with Crippen molar-refractivity contribution in [2.24, 2.45) is 0 Å². The van der Waals surface area contributed by atoms with Crippen molar-refractivity contribution >= 4 is 5.91 Å². The summed E-state index contributed by atoms with van der Waals surface area (Å²) in [6, 6.07) is -0.942. The fraction of sp³-hybridized carbons (Fsp3) is 0.807. The van der Waals surface area contributed by atoms with Crippen LogP contribution in [0, 0.1) is 0 Å². The third-order valence-corrected chi connectivity index (χ3v) is 20.2. The average Bonchev–Trinajstić information content (AvgIpc) is 0.790. The number of amides is 1. The summed E-state index contributed by atoms with van der Waals surface area (Å²) in [5.74, 6) is -0.248. The van der Waals surface area contributed by atoms with Crippen molar-refractivity contribution in [3.63, 3.8) is 0 Å². The first-order chi connectivity index (χ1) is 50.1. The molecular formula is C88H157NO13. The van der Waals surface area contributed by atoms with Crippen LogP contribution in [0.4, 0.5) is 0 Å². The van der Waals surface area contributed by atoms with Crippen molar-refractivity contribution in [3.05, 3.63) is 97.2 Å². The third-order valence-electron chi connectivity index (χ3n) is 20.2. The van der Waals surface area contributed by atoms with Crippen molar-refractivity contribution < 1.29 is 64.6 Å². The van der Waals surface area contributed by atoms with Crippen LogP contribution in [0.5, 0.6) is 0 Å². The lowest BCUT2D eigenvalue weighted by atomic mass is 9.97. The highest BCUT2D eigenvalue weighted by Gasteiger charge is 2.51. The lowest BCUT2D eigenvalue weighted by Gasteiger charge is -2.46. The Balaban J connectivity index is 1.58. The molecule has 0 aromatic heterocycles. The first-order valence-electron chi connectivity index (χ1n) is 42.5. The summed E-state index contributed by atoms with van der Waals surface area (Å²) in [7, 11) is 0. The lowest BCUT2D eigenvalue weighted by molar-refractivity contribution is -0.359. The molecule has 2 fully saturated rings. The van der Waals surface area contributed by atoms with E-state index in [0.717, 1.165) is 77.0 Å². The second-order valence-electron chi connectivity index (χ2n) is 29.6. The zero-order chi connectivity index (χ0) is 73.7. The molecule has 0 saturated carbocycles. The van der Waals surface area contributed by atoms with Crippen molar-refractivity contribution in [2.75, 3.05) is 19.8 Å². The molecule has 2 aliphatic heterocycles. The van der Waals surface area contributed by atoms with Gasteiger partial charge >= 0.3 is 0 Å². The summed E-state index contributed by atoms with van der Waals surface area (Å²) in [5, 5.41) is 87.7. The zero-order valence-electron chi connectivity index (χ0n) is 65.1. The van der Waals surface area contributed by atoms with Gasteiger partial charge in [-0.2, -0.15) is 0 Å². The number of carbonyl (C=O) groups excluding carboxylic acids is 1. The SMILES string of the molecule is CC/C=C\C/C=C\C/C=C\C/C=C\C/C=C\CCCCCCCCCCCCCCCCCCCCCCCCCCCC(=O)NC(COC1OC(CO)C(OC2OC(CO)C(O)C(O)C2O)C(O)C1O)C(O)/C=C/CC/C=C/CC/C=C/CCCCCCCCCCCCCCCCCCC. The van der Waals surface area contributed by atoms with Gasteiger partial charge < -0.3 is 65.1 Å². The lowest BCUT2D eigenvalue weighted by Crippen LogP contribution is -2.65. The molecule has 2 aliphatic rings. The molecule has 9 N–H and O–H groups in total. The molecule has 0 aromatic carbocycles. The van der Waals surface area contributed by atoms with E-state index < -0.39 is 86.8 Å². The maximum absolute atomic E-state index is 13.4. The Morgan fingerprint density at radius 1 is 0.363 bits per heavy atom. The number of unbranched alkanes of at least 4 members (excludes halogenated alkanes) is 44. The number of aliphatic hydroxyl groups excluding tert-OH is 8. The molecular weight excluding hydrogens is 1280 g/mol. The van der Waals surface area contributed by atoms with Gasteiger partial charge in [0.15, 0.2) is 12.6 Å². The normalized spacial score (nSPS) is 22.1. The maximum atomic E-state index is 13.4. The van der Waals surface area contributed by atoms with E-state index in [4.69, 9.17) is 18.9 Å². The molecule has 12 atom stereocenters. The first kappa shape index (κ1) is 95.0. The molecule has 0 spiro atoms. The molecule has 0 aromatic rings. The highest BCUT2D eigenvalue weighted by atomic mass is 16.7. The number of allylic oxidation sites excluding steroid dienone is 15. The molecule has 14 heteroatoms. The molecule has 102 heavy (non-hydrogen) atoms. The molecule has 0 aliphatic carbocycles. The number of rotatable bonds is 71. The minimum absolute atomic E-state index is 0.248. The van der Waals surface area contributed by atoms with Crippen LogP contribution in [0.2, 0.25) is 0 Å². The van der Waals surface area contributed by atoms with E-state index in [2.05, 4.69) is 104 Å². The largest absolute Gasteiger partial charge is 0.394 e. The summed E-state index contributed by atoms with van der Waals surface area (Å²) in [6.45, 7) is 2.71. The van der Waals surface area contributed by atoms with Crippen LogP contribution in [0.15, 0.2) is 97.2 Å². The smallest absolute Gasteiger partial charge is 0.220 e. The van der Waals surface area contributed by atoms with Crippen LogP contribution in [0.3, 0.4) is 0 Å².